The van der Waals surface area contributed by atoms with Crippen molar-refractivity contribution in [2.45, 2.75) is 77.4 Å². The Morgan fingerprint density at radius 1 is 1.21 bits per heavy atom. The number of hydrogen-bond acceptors (Lipinski definition) is 5. The average Bonchev–Trinajstić information content (AvgIpc) is 2.97. The molecule has 5 heteroatoms. The minimum atomic E-state index is -1.12. The van der Waals surface area contributed by atoms with Crippen molar-refractivity contribution in [1.29, 1.82) is 0 Å². The predicted octanol–water partition coefficient (Wildman–Crippen LogP) is 3.76. The number of fused-ring (bicyclic) bond motifs is 5. The summed E-state index contributed by atoms with van der Waals surface area (Å²) in [6, 6.07) is 5.93. The normalized spacial score (nSPS) is 34.6. The quantitative estimate of drug-likeness (QED) is 0.632. The van der Waals surface area contributed by atoms with Gasteiger partial charge in [-0.3, -0.25) is 4.79 Å². The lowest BCUT2D eigenvalue weighted by molar-refractivity contribution is -0.154. The van der Waals surface area contributed by atoms with Gasteiger partial charge < -0.3 is 14.6 Å². The summed E-state index contributed by atoms with van der Waals surface area (Å²) < 4.78 is 11.0. The maximum Gasteiger partial charge on any atom is 0.340 e. The molecule has 0 bridgehead atoms. The van der Waals surface area contributed by atoms with Crippen molar-refractivity contribution in [3.63, 3.8) is 0 Å². The van der Waals surface area contributed by atoms with Gasteiger partial charge in [0.25, 0.3) is 0 Å². The molecule has 0 radical (unpaired) electrons. The van der Waals surface area contributed by atoms with Gasteiger partial charge in [0.05, 0.1) is 0 Å². The topological polar surface area (TPSA) is 72.8 Å². The second-order valence-corrected chi connectivity index (χ2v) is 9.09. The van der Waals surface area contributed by atoms with Crippen molar-refractivity contribution >= 4 is 11.9 Å². The molecule has 0 amide bonds. The number of rotatable bonds is 3. The Bertz CT molecular complexity index is 785. The minimum absolute atomic E-state index is 0.0552. The standard InChI is InChI=1S/C23H30O5/c1-13(24)22(26)28-16-5-7-17-15(12-16)4-6-19-18(17)10-11-23(3)20(19)8-9-21(23)27-14(2)25/h5,7,12-13,18-21,24H,4,6,8-11H2,1-3H3/t13?,18-,19-,20+,21+,23+/m1/s1. The molecular formula is C23H30O5. The van der Waals surface area contributed by atoms with E-state index in [4.69, 9.17) is 9.47 Å². The maximum atomic E-state index is 11.7. The van der Waals surface area contributed by atoms with Gasteiger partial charge in [0.1, 0.15) is 18.0 Å². The van der Waals surface area contributed by atoms with E-state index in [1.165, 1.54) is 25.0 Å². The molecule has 1 aromatic carbocycles. The third kappa shape index (κ3) is 3.24. The number of carbonyl (C=O) groups is 2. The Hall–Kier alpha value is -1.88. The third-order valence-corrected chi connectivity index (χ3v) is 7.48. The van der Waals surface area contributed by atoms with Crippen LogP contribution in [0.25, 0.3) is 0 Å². The number of aryl methyl sites for hydroxylation is 1. The van der Waals surface area contributed by atoms with E-state index in [2.05, 4.69) is 13.0 Å². The van der Waals surface area contributed by atoms with Gasteiger partial charge in [-0.25, -0.2) is 4.79 Å². The van der Waals surface area contributed by atoms with Crippen LogP contribution in [0.1, 0.15) is 69.9 Å². The van der Waals surface area contributed by atoms with Crippen LogP contribution in [0.3, 0.4) is 0 Å². The Kier molecular flexibility index (Phi) is 4.98. The maximum absolute atomic E-state index is 11.7. The lowest BCUT2D eigenvalue weighted by Crippen LogP contribution is -2.45. The van der Waals surface area contributed by atoms with Crippen LogP contribution in [-0.2, 0) is 20.7 Å². The van der Waals surface area contributed by atoms with Crippen molar-refractivity contribution in [2.75, 3.05) is 0 Å². The molecule has 0 heterocycles. The van der Waals surface area contributed by atoms with Gasteiger partial charge >= 0.3 is 11.9 Å². The Labute approximate surface area is 166 Å². The second kappa shape index (κ2) is 7.18. The number of esters is 2. The van der Waals surface area contributed by atoms with Crippen LogP contribution in [0.15, 0.2) is 18.2 Å². The van der Waals surface area contributed by atoms with Crippen molar-refractivity contribution in [1.82, 2.24) is 0 Å². The van der Waals surface area contributed by atoms with Crippen molar-refractivity contribution in [3.05, 3.63) is 29.3 Å². The summed E-state index contributed by atoms with van der Waals surface area (Å²) in [5, 5.41) is 9.36. The first kappa shape index (κ1) is 19.4. The number of carbonyl (C=O) groups excluding carboxylic acids is 2. The largest absolute Gasteiger partial charge is 0.462 e. The molecule has 1 aromatic rings. The molecule has 2 fully saturated rings. The van der Waals surface area contributed by atoms with E-state index in [0.29, 0.717) is 23.5 Å². The second-order valence-electron chi connectivity index (χ2n) is 9.09. The van der Waals surface area contributed by atoms with Crippen LogP contribution in [0.5, 0.6) is 5.75 Å². The highest BCUT2D eigenvalue weighted by molar-refractivity contribution is 5.76. The van der Waals surface area contributed by atoms with Gasteiger partial charge in [0, 0.05) is 12.3 Å². The molecule has 0 aromatic heterocycles. The summed E-state index contributed by atoms with van der Waals surface area (Å²) in [6.45, 7) is 5.25. The summed E-state index contributed by atoms with van der Waals surface area (Å²) in [5.74, 6) is 1.47. The van der Waals surface area contributed by atoms with E-state index in [1.54, 1.807) is 0 Å². The van der Waals surface area contributed by atoms with Crippen LogP contribution >= 0.6 is 0 Å². The zero-order chi connectivity index (χ0) is 20.1. The first-order valence-electron chi connectivity index (χ1n) is 10.5. The number of ether oxygens (including phenoxy) is 2. The SMILES string of the molecule is CC(=O)O[C@H]1CC[C@H]2[C@@H]3CCc4cc(OC(=O)C(C)O)ccc4[C@H]3CC[C@]12C. The molecule has 0 spiro atoms. The number of aliphatic hydroxyl groups is 1. The van der Waals surface area contributed by atoms with Gasteiger partial charge in [-0.05, 0) is 86.5 Å². The molecule has 3 aliphatic rings. The van der Waals surface area contributed by atoms with E-state index in [-0.39, 0.29) is 17.5 Å². The zero-order valence-corrected chi connectivity index (χ0v) is 16.9. The molecule has 0 saturated heterocycles. The van der Waals surface area contributed by atoms with Gasteiger partial charge in [0.15, 0.2) is 0 Å². The Balaban J connectivity index is 1.55. The molecular weight excluding hydrogens is 356 g/mol. The van der Waals surface area contributed by atoms with Crippen molar-refractivity contribution < 1.29 is 24.2 Å². The first-order valence-corrected chi connectivity index (χ1v) is 10.5. The molecule has 2 saturated carbocycles. The fourth-order valence-corrected chi connectivity index (χ4v) is 6.17. The highest BCUT2D eigenvalue weighted by Gasteiger charge is 2.56. The van der Waals surface area contributed by atoms with Crippen LogP contribution in [0.4, 0.5) is 0 Å². The lowest BCUT2D eigenvalue weighted by Gasteiger charge is -2.50. The predicted molar refractivity (Wildman–Crippen MR) is 104 cm³/mol. The smallest absolute Gasteiger partial charge is 0.340 e. The molecule has 4 rings (SSSR count). The van der Waals surface area contributed by atoms with Gasteiger partial charge in [-0.1, -0.05) is 13.0 Å². The highest BCUT2D eigenvalue weighted by atomic mass is 16.6. The number of aliphatic hydroxyl groups excluding tert-OH is 1. The van der Waals surface area contributed by atoms with Crippen LogP contribution in [0, 0.1) is 17.3 Å². The fourth-order valence-electron chi connectivity index (χ4n) is 6.17. The Morgan fingerprint density at radius 2 is 2.00 bits per heavy atom. The summed E-state index contributed by atoms with van der Waals surface area (Å²) in [4.78, 5) is 23.2. The van der Waals surface area contributed by atoms with E-state index in [1.807, 2.05) is 12.1 Å². The average molecular weight is 386 g/mol. The fraction of sp³-hybridized carbons (Fsp3) is 0.652. The molecule has 3 aliphatic carbocycles. The summed E-state index contributed by atoms with van der Waals surface area (Å²) in [7, 11) is 0. The minimum Gasteiger partial charge on any atom is -0.462 e. The molecule has 152 valence electrons. The number of benzene rings is 1. The molecule has 6 atom stereocenters. The third-order valence-electron chi connectivity index (χ3n) is 7.48. The van der Waals surface area contributed by atoms with Gasteiger partial charge in [-0.15, -0.1) is 0 Å². The van der Waals surface area contributed by atoms with Crippen LogP contribution < -0.4 is 4.74 Å². The number of hydrogen-bond donors (Lipinski definition) is 1. The monoisotopic (exact) mass is 386 g/mol. The van der Waals surface area contributed by atoms with Gasteiger partial charge in [0.2, 0.25) is 0 Å². The van der Waals surface area contributed by atoms with Crippen molar-refractivity contribution in [2.24, 2.45) is 17.3 Å². The summed E-state index contributed by atoms with van der Waals surface area (Å²) in [6.07, 6.45) is 5.33. The molecule has 0 aliphatic heterocycles. The van der Waals surface area contributed by atoms with E-state index < -0.39 is 12.1 Å². The summed E-state index contributed by atoms with van der Waals surface area (Å²) in [5.41, 5.74) is 2.73. The molecule has 1 N–H and O–H groups in total. The molecule has 28 heavy (non-hydrogen) atoms. The van der Waals surface area contributed by atoms with Crippen LogP contribution in [0.2, 0.25) is 0 Å². The van der Waals surface area contributed by atoms with E-state index in [0.717, 1.165) is 38.5 Å². The first-order chi connectivity index (χ1) is 13.3. The Morgan fingerprint density at radius 3 is 2.71 bits per heavy atom. The highest BCUT2D eigenvalue weighted by Crippen LogP contribution is 2.61. The lowest BCUT2D eigenvalue weighted by atomic mass is 9.55. The van der Waals surface area contributed by atoms with E-state index in [9.17, 15) is 14.7 Å². The zero-order valence-electron chi connectivity index (χ0n) is 16.9. The van der Waals surface area contributed by atoms with Crippen LogP contribution in [-0.4, -0.2) is 29.3 Å². The van der Waals surface area contributed by atoms with Gasteiger partial charge in [-0.2, -0.15) is 0 Å². The molecule has 1 unspecified atom stereocenters. The molecule has 5 nitrogen and oxygen atoms in total. The summed E-state index contributed by atoms with van der Waals surface area (Å²) >= 11 is 0. The van der Waals surface area contributed by atoms with E-state index >= 15 is 0 Å². The van der Waals surface area contributed by atoms with Crippen molar-refractivity contribution in [3.8, 4) is 5.75 Å².